The Kier molecular flexibility index (Phi) is 5.57. The molecule has 1 aromatic heterocycles. The molecule has 0 amide bonds. The summed E-state index contributed by atoms with van der Waals surface area (Å²) in [6, 6.07) is 14.6. The monoisotopic (exact) mass is 382 g/mol. The highest BCUT2D eigenvalue weighted by atomic mass is 35.5. The number of anilines is 4. The zero-order valence-electron chi connectivity index (χ0n) is 15.2. The smallest absolute Gasteiger partial charge is 0.337 e. The Morgan fingerprint density at radius 1 is 1.00 bits per heavy atom. The van der Waals surface area contributed by atoms with Crippen molar-refractivity contribution in [2.75, 3.05) is 17.7 Å². The van der Waals surface area contributed by atoms with E-state index in [4.69, 9.17) is 16.3 Å². The van der Waals surface area contributed by atoms with Crippen LogP contribution < -0.4 is 10.6 Å². The molecule has 27 heavy (non-hydrogen) atoms. The number of benzene rings is 2. The Bertz CT molecular complexity index is 991. The van der Waals surface area contributed by atoms with Crippen molar-refractivity contribution in [2.45, 2.75) is 13.8 Å². The fourth-order valence-corrected chi connectivity index (χ4v) is 2.74. The highest BCUT2D eigenvalue weighted by Crippen LogP contribution is 2.27. The van der Waals surface area contributed by atoms with Gasteiger partial charge in [0, 0.05) is 11.8 Å². The van der Waals surface area contributed by atoms with Gasteiger partial charge < -0.3 is 15.4 Å². The molecule has 0 saturated carbocycles. The van der Waals surface area contributed by atoms with Crippen LogP contribution >= 0.6 is 11.6 Å². The largest absolute Gasteiger partial charge is 0.465 e. The number of ether oxygens (including phenoxy) is 1. The van der Waals surface area contributed by atoms with Crippen LogP contribution in [0.15, 0.2) is 48.5 Å². The highest BCUT2D eigenvalue weighted by Gasteiger charge is 2.11. The van der Waals surface area contributed by atoms with Crippen LogP contribution in [-0.2, 0) is 4.74 Å². The van der Waals surface area contributed by atoms with Crippen LogP contribution in [0, 0.1) is 13.8 Å². The summed E-state index contributed by atoms with van der Waals surface area (Å²) >= 11 is 6.25. The van der Waals surface area contributed by atoms with E-state index in [0.29, 0.717) is 33.7 Å². The van der Waals surface area contributed by atoms with Gasteiger partial charge in [0.15, 0.2) is 0 Å². The van der Waals surface area contributed by atoms with Crippen molar-refractivity contribution >= 4 is 40.6 Å². The lowest BCUT2D eigenvalue weighted by molar-refractivity contribution is 0.0601. The molecular formula is C20H19ClN4O2. The fourth-order valence-electron chi connectivity index (χ4n) is 2.57. The zero-order chi connectivity index (χ0) is 19.4. The van der Waals surface area contributed by atoms with Gasteiger partial charge in [0.05, 0.1) is 23.4 Å². The van der Waals surface area contributed by atoms with Gasteiger partial charge in [-0.3, -0.25) is 0 Å². The number of aryl methyl sites for hydroxylation is 2. The second-order valence-electron chi connectivity index (χ2n) is 5.99. The number of nitrogens with one attached hydrogen (secondary N) is 2. The maximum Gasteiger partial charge on any atom is 0.337 e. The summed E-state index contributed by atoms with van der Waals surface area (Å²) in [5, 5.41) is 6.87. The second-order valence-corrected chi connectivity index (χ2v) is 6.40. The molecular weight excluding hydrogens is 364 g/mol. The fraction of sp³-hybridized carbons (Fsp3) is 0.150. The van der Waals surface area contributed by atoms with Crippen LogP contribution in [0.5, 0.6) is 0 Å². The Morgan fingerprint density at radius 2 is 1.74 bits per heavy atom. The van der Waals surface area contributed by atoms with E-state index >= 15 is 0 Å². The molecule has 0 spiro atoms. The Morgan fingerprint density at radius 3 is 2.44 bits per heavy atom. The van der Waals surface area contributed by atoms with Gasteiger partial charge in [0.2, 0.25) is 0 Å². The number of carbonyl (C=O) groups is 1. The number of hydrogen-bond donors (Lipinski definition) is 2. The van der Waals surface area contributed by atoms with Crippen LogP contribution in [0.3, 0.4) is 0 Å². The van der Waals surface area contributed by atoms with Crippen LogP contribution in [0.2, 0.25) is 5.02 Å². The molecule has 7 heteroatoms. The van der Waals surface area contributed by atoms with Crippen LogP contribution in [0.25, 0.3) is 0 Å². The normalized spacial score (nSPS) is 10.4. The van der Waals surface area contributed by atoms with E-state index in [2.05, 4.69) is 20.6 Å². The third kappa shape index (κ3) is 4.74. The molecule has 0 aliphatic heterocycles. The summed E-state index contributed by atoms with van der Waals surface area (Å²) in [4.78, 5) is 20.5. The van der Waals surface area contributed by atoms with E-state index in [0.717, 1.165) is 11.3 Å². The molecule has 3 aromatic rings. The van der Waals surface area contributed by atoms with E-state index in [9.17, 15) is 4.79 Å². The maximum absolute atomic E-state index is 11.7. The highest BCUT2D eigenvalue weighted by molar-refractivity contribution is 6.33. The first-order valence-corrected chi connectivity index (χ1v) is 8.66. The van der Waals surface area contributed by atoms with Gasteiger partial charge in [-0.2, -0.15) is 0 Å². The molecule has 1 heterocycles. The van der Waals surface area contributed by atoms with Gasteiger partial charge in [0.25, 0.3) is 0 Å². The number of methoxy groups -OCH3 is 1. The summed E-state index contributed by atoms with van der Waals surface area (Å²) in [6.07, 6.45) is 0. The Labute approximate surface area is 162 Å². The standard InChI is InChI=1S/C20H19ClN4O2/c1-12-5-4-6-15(9-12)24-18-11-19(23-13(2)22-18)25-17-10-14(20(26)27-3)7-8-16(17)21/h4-11H,1-3H3,(H2,22,23,24,25). The number of aromatic nitrogens is 2. The molecule has 0 radical (unpaired) electrons. The number of hydrogen-bond acceptors (Lipinski definition) is 6. The van der Waals surface area contributed by atoms with Crippen molar-refractivity contribution in [3.8, 4) is 0 Å². The van der Waals surface area contributed by atoms with Crippen molar-refractivity contribution in [2.24, 2.45) is 0 Å². The molecule has 2 N–H and O–H groups in total. The molecule has 0 unspecified atom stereocenters. The van der Waals surface area contributed by atoms with Crippen molar-refractivity contribution in [1.29, 1.82) is 0 Å². The molecule has 3 rings (SSSR count). The van der Waals surface area contributed by atoms with Gasteiger partial charge in [-0.15, -0.1) is 0 Å². The Balaban J connectivity index is 1.87. The average Bonchev–Trinajstić information content (AvgIpc) is 2.62. The molecule has 6 nitrogen and oxygen atoms in total. The van der Waals surface area contributed by atoms with Crippen molar-refractivity contribution in [3.05, 3.63) is 70.5 Å². The van der Waals surface area contributed by atoms with Crippen molar-refractivity contribution in [3.63, 3.8) is 0 Å². The first-order chi connectivity index (χ1) is 12.9. The summed E-state index contributed by atoms with van der Waals surface area (Å²) in [6.45, 7) is 3.83. The molecule has 2 aromatic carbocycles. The number of rotatable bonds is 5. The molecule has 0 saturated heterocycles. The van der Waals surface area contributed by atoms with E-state index in [-0.39, 0.29) is 0 Å². The van der Waals surface area contributed by atoms with E-state index in [1.165, 1.54) is 7.11 Å². The lowest BCUT2D eigenvalue weighted by Crippen LogP contribution is -2.04. The SMILES string of the molecule is COC(=O)c1ccc(Cl)c(Nc2cc(Nc3cccc(C)c3)nc(C)n2)c1. The maximum atomic E-state index is 11.7. The number of esters is 1. The first-order valence-electron chi connectivity index (χ1n) is 8.29. The van der Waals surface area contributed by atoms with Gasteiger partial charge in [-0.05, 0) is 49.7 Å². The third-order valence-electron chi connectivity index (χ3n) is 3.78. The van der Waals surface area contributed by atoms with Gasteiger partial charge in [-0.25, -0.2) is 14.8 Å². The molecule has 0 aliphatic carbocycles. The van der Waals surface area contributed by atoms with E-state index in [1.807, 2.05) is 31.2 Å². The average molecular weight is 383 g/mol. The van der Waals surface area contributed by atoms with Crippen LogP contribution in [0.4, 0.5) is 23.0 Å². The number of carbonyl (C=O) groups excluding carboxylic acids is 1. The summed E-state index contributed by atoms with van der Waals surface area (Å²) in [5.74, 6) is 1.36. The molecule has 0 aliphatic rings. The van der Waals surface area contributed by atoms with Gasteiger partial charge >= 0.3 is 5.97 Å². The molecule has 138 valence electrons. The summed E-state index contributed by atoms with van der Waals surface area (Å²) < 4.78 is 4.75. The van der Waals surface area contributed by atoms with Crippen LogP contribution in [0.1, 0.15) is 21.7 Å². The summed E-state index contributed by atoms with van der Waals surface area (Å²) in [5.41, 5.74) is 3.03. The van der Waals surface area contributed by atoms with E-state index in [1.54, 1.807) is 31.2 Å². The lowest BCUT2D eigenvalue weighted by Gasteiger charge is -2.12. The quantitative estimate of drug-likeness (QED) is 0.603. The topological polar surface area (TPSA) is 76.1 Å². The van der Waals surface area contributed by atoms with Gasteiger partial charge in [0.1, 0.15) is 17.5 Å². The Hall–Kier alpha value is -3.12. The predicted molar refractivity (Wildman–Crippen MR) is 107 cm³/mol. The van der Waals surface area contributed by atoms with Crippen molar-refractivity contribution < 1.29 is 9.53 Å². The first kappa shape index (κ1) is 18.7. The van der Waals surface area contributed by atoms with Crippen LogP contribution in [-0.4, -0.2) is 23.0 Å². The third-order valence-corrected chi connectivity index (χ3v) is 4.11. The molecule has 0 atom stereocenters. The predicted octanol–water partition coefficient (Wildman–Crippen LogP) is 5.02. The minimum Gasteiger partial charge on any atom is -0.465 e. The molecule has 0 bridgehead atoms. The minimum atomic E-state index is -0.435. The zero-order valence-corrected chi connectivity index (χ0v) is 16.0. The minimum absolute atomic E-state index is 0.397. The number of halogens is 1. The van der Waals surface area contributed by atoms with Crippen molar-refractivity contribution in [1.82, 2.24) is 9.97 Å². The molecule has 0 fully saturated rings. The van der Waals surface area contributed by atoms with Gasteiger partial charge in [-0.1, -0.05) is 23.7 Å². The van der Waals surface area contributed by atoms with E-state index < -0.39 is 5.97 Å². The number of nitrogens with zero attached hydrogens (tertiary/aromatic N) is 2. The lowest BCUT2D eigenvalue weighted by atomic mass is 10.2. The summed E-state index contributed by atoms with van der Waals surface area (Å²) in [7, 11) is 1.33. The second kappa shape index (κ2) is 8.05.